The number of hydrogen-bond acceptors (Lipinski definition) is 7. The third-order valence-corrected chi connectivity index (χ3v) is 6.23. The molecule has 1 aromatic carbocycles. The highest BCUT2D eigenvalue weighted by molar-refractivity contribution is 5.71. The van der Waals surface area contributed by atoms with Crippen molar-refractivity contribution < 1.29 is 28.5 Å². The van der Waals surface area contributed by atoms with Gasteiger partial charge in [-0.15, -0.1) is 0 Å². The summed E-state index contributed by atoms with van der Waals surface area (Å²) >= 11 is 0. The van der Waals surface area contributed by atoms with Gasteiger partial charge in [-0.1, -0.05) is 43.5 Å². The van der Waals surface area contributed by atoms with Crippen molar-refractivity contribution in [2.75, 3.05) is 26.3 Å². The molecular formula is C25H36FN3O5. The molecule has 188 valence electrons. The minimum atomic E-state index is -1.06. The number of nitrogens with two attached hydrogens (primary N) is 1. The lowest BCUT2D eigenvalue weighted by molar-refractivity contribution is -0.0907. The monoisotopic (exact) mass is 477 g/mol. The maximum Gasteiger partial charge on any atom is 0.422 e. The predicted octanol–water partition coefficient (Wildman–Crippen LogP) is 2.57. The molecular weight excluding hydrogens is 441 g/mol. The minimum absolute atomic E-state index is 0.0131. The number of nitrogens with zero attached hydrogens (tertiary/aromatic N) is 1. The molecule has 2 heterocycles. The highest BCUT2D eigenvalue weighted by Gasteiger charge is 2.44. The number of nitrogens with one attached hydrogen (secondary N) is 1. The number of aliphatic hydroxyl groups is 1. The molecule has 2 aliphatic heterocycles. The average molecular weight is 478 g/mol. The molecule has 2 aliphatic rings. The zero-order chi connectivity index (χ0) is 24.7. The largest absolute Gasteiger partial charge is 0.442 e. The Labute approximate surface area is 200 Å². The number of allylic oxidation sites excluding steroid dienone is 2. The van der Waals surface area contributed by atoms with Gasteiger partial charge in [0.15, 0.2) is 6.29 Å². The number of carbonyl (C=O) groups is 1. The molecule has 5 unspecified atom stereocenters. The Morgan fingerprint density at radius 1 is 1.41 bits per heavy atom. The van der Waals surface area contributed by atoms with Crippen LogP contribution in [0.5, 0.6) is 0 Å². The Balaban J connectivity index is 1.53. The summed E-state index contributed by atoms with van der Waals surface area (Å²) < 4.78 is 29.9. The van der Waals surface area contributed by atoms with E-state index in [1.807, 2.05) is 24.3 Å². The number of alkyl halides is 1. The van der Waals surface area contributed by atoms with Gasteiger partial charge in [0.05, 0.1) is 31.4 Å². The molecule has 0 aliphatic carbocycles. The smallest absolute Gasteiger partial charge is 0.422 e. The molecule has 2 saturated heterocycles. The lowest BCUT2D eigenvalue weighted by Gasteiger charge is -2.29. The van der Waals surface area contributed by atoms with Gasteiger partial charge in [0.1, 0.15) is 6.10 Å². The molecule has 1 amide bonds. The van der Waals surface area contributed by atoms with Crippen molar-refractivity contribution in [1.29, 1.82) is 0 Å². The number of halogens is 1. The summed E-state index contributed by atoms with van der Waals surface area (Å²) in [7, 11) is 0. The Morgan fingerprint density at radius 3 is 2.82 bits per heavy atom. The molecule has 2 fully saturated rings. The van der Waals surface area contributed by atoms with E-state index in [0.29, 0.717) is 13.0 Å². The van der Waals surface area contributed by atoms with Crippen molar-refractivity contribution in [1.82, 2.24) is 10.4 Å². The van der Waals surface area contributed by atoms with E-state index in [2.05, 4.69) is 18.6 Å². The number of hydrazine groups is 1. The van der Waals surface area contributed by atoms with Crippen molar-refractivity contribution in [3.63, 3.8) is 0 Å². The van der Waals surface area contributed by atoms with E-state index in [0.717, 1.165) is 23.1 Å². The van der Waals surface area contributed by atoms with Crippen molar-refractivity contribution in [2.24, 2.45) is 11.7 Å². The molecule has 8 nitrogen and oxygen atoms in total. The Kier molecular flexibility index (Phi) is 9.61. The van der Waals surface area contributed by atoms with Crippen LogP contribution >= 0.6 is 0 Å². The van der Waals surface area contributed by atoms with Crippen molar-refractivity contribution in [2.45, 2.75) is 56.9 Å². The lowest BCUT2D eigenvalue weighted by Crippen LogP contribution is -2.52. The number of amides is 1. The van der Waals surface area contributed by atoms with Crippen LogP contribution in [0.1, 0.15) is 30.9 Å². The molecule has 0 radical (unpaired) electrons. The van der Waals surface area contributed by atoms with Gasteiger partial charge in [-0.05, 0) is 42.9 Å². The molecule has 0 spiro atoms. The molecule has 3 rings (SSSR count). The van der Waals surface area contributed by atoms with Crippen LogP contribution in [-0.4, -0.2) is 73.2 Å². The van der Waals surface area contributed by atoms with E-state index in [1.165, 1.54) is 11.9 Å². The van der Waals surface area contributed by atoms with Gasteiger partial charge in [0.25, 0.3) is 0 Å². The maximum absolute atomic E-state index is 13.5. The standard InChI is InChI=1S/C25H36FN3O5/c1-4-16(2)19-7-5-18(6-8-19)13-21(27)22(30)14-29(11-9-17(3)26)28-25(31)34-23-15-33-24-20(23)10-12-32-24/h4-8,17,20-24,30H,1-2,9-15,27H2,3H3,(H,28,31)/t17-,20?,21?,22?,23?,24?/m1/s1. The van der Waals surface area contributed by atoms with E-state index in [-0.39, 0.29) is 38.3 Å². The first kappa shape index (κ1) is 26.3. The number of benzene rings is 1. The van der Waals surface area contributed by atoms with Crippen molar-refractivity contribution >= 4 is 11.7 Å². The van der Waals surface area contributed by atoms with Gasteiger partial charge < -0.3 is 25.1 Å². The second-order valence-electron chi connectivity index (χ2n) is 8.96. The highest BCUT2D eigenvalue weighted by Crippen LogP contribution is 2.32. The Hall–Kier alpha value is -2.30. The van der Waals surface area contributed by atoms with Gasteiger partial charge in [-0.2, -0.15) is 0 Å². The van der Waals surface area contributed by atoms with Gasteiger partial charge in [-0.3, -0.25) is 5.43 Å². The fourth-order valence-electron chi connectivity index (χ4n) is 4.11. The molecule has 0 bridgehead atoms. The number of aliphatic hydroxyl groups excluding tert-OH is 1. The molecule has 1 aromatic rings. The quantitative estimate of drug-likeness (QED) is 0.314. The second kappa shape index (κ2) is 12.4. The van der Waals surface area contributed by atoms with E-state index in [9.17, 15) is 14.3 Å². The molecule has 6 atom stereocenters. The maximum atomic E-state index is 13.5. The molecule has 9 heteroatoms. The van der Waals surface area contributed by atoms with E-state index >= 15 is 0 Å². The molecule has 0 saturated carbocycles. The third-order valence-electron chi connectivity index (χ3n) is 6.23. The van der Waals surface area contributed by atoms with Crippen LogP contribution < -0.4 is 11.2 Å². The van der Waals surface area contributed by atoms with Crippen LogP contribution in [0, 0.1) is 5.92 Å². The van der Waals surface area contributed by atoms with Crippen LogP contribution in [-0.2, 0) is 20.6 Å². The summed E-state index contributed by atoms with van der Waals surface area (Å²) in [6.07, 6.45) is -0.352. The van der Waals surface area contributed by atoms with E-state index in [4.69, 9.17) is 19.9 Å². The summed E-state index contributed by atoms with van der Waals surface area (Å²) in [6, 6.07) is 7.13. The summed E-state index contributed by atoms with van der Waals surface area (Å²) in [4.78, 5) is 12.5. The van der Waals surface area contributed by atoms with Crippen LogP contribution in [0.2, 0.25) is 0 Å². The first-order valence-electron chi connectivity index (χ1n) is 11.7. The first-order valence-corrected chi connectivity index (χ1v) is 11.7. The fourth-order valence-corrected chi connectivity index (χ4v) is 4.11. The lowest BCUT2D eigenvalue weighted by atomic mass is 9.99. The normalized spacial score (nSPS) is 24.3. The third kappa shape index (κ3) is 7.35. The summed E-state index contributed by atoms with van der Waals surface area (Å²) in [5.74, 6) is 0.0131. The van der Waals surface area contributed by atoms with Crippen LogP contribution in [0.25, 0.3) is 5.57 Å². The Morgan fingerprint density at radius 2 is 2.15 bits per heavy atom. The number of carbonyl (C=O) groups excluding carboxylic acids is 1. The van der Waals surface area contributed by atoms with E-state index < -0.39 is 30.5 Å². The SMILES string of the molecule is C=CC(=C)c1ccc(CC(N)C(O)CN(CC[C@@H](C)F)NC(=O)OC2COC3OCCC23)cc1. The summed E-state index contributed by atoms with van der Waals surface area (Å²) in [5.41, 5.74) is 11.6. The zero-order valence-electron chi connectivity index (χ0n) is 19.7. The average Bonchev–Trinajstić information content (AvgIpc) is 3.42. The van der Waals surface area contributed by atoms with Gasteiger partial charge >= 0.3 is 6.09 Å². The summed E-state index contributed by atoms with van der Waals surface area (Å²) in [6.45, 7) is 10.2. The van der Waals surface area contributed by atoms with Gasteiger partial charge in [-0.25, -0.2) is 14.2 Å². The highest BCUT2D eigenvalue weighted by atomic mass is 19.1. The zero-order valence-corrected chi connectivity index (χ0v) is 19.7. The van der Waals surface area contributed by atoms with Gasteiger partial charge in [0, 0.05) is 19.1 Å². The van der Waals surface area contributed by atoms with E-state index in [1.54, 1.807) is 6.08 Å². The number of rotatable bonds is 12. The molecule has 34 heavy (non-hydrogen) atoms. The van der Waals surface area contributed by atoms with Crippen molar-refractivity contribution in [3.8, 4) is 0 Å². The van der Waals surface area contributed by atoms with Gasteiger partial charge in [0.2, 0.25) is 0 Å². The van der Waals surface area contributed by atoms with Crippen molar-refractivity contribution in [3.05, 3.63) is 54.6 Å². The summed E-state index contributed by atoms with van der Waals surface area (Å²) in [5, 5.41) is 12.2. The van der Waals surface area contributed by atoms with Crippen LogP contribution in [0.15, 0.2) is 43.5 Å². The predicted molar refractivity (Wildman–Crippen MR) is 127 cm³/mol. The Bertz CT molecular complexity index is 834. The minimum Gasteiger partial charge on any atom is -0.442 e. The second-order valence-corrected chi connectivity index (χ2v) is 8.96. The van der Waals surface area contributed by atoms with Crippen LogP contribution in [0.4, 0.5) is 9.18 Å². The molecule has 0 aromatic heterocycles. The number of ether oxygens (including phenoxy) is 3. The van der Waals surface area contributed by atoms with Crippen LogP contribution in [0.3, 0.4) is 0 Å². The number of fused-ring (bicyclic) bond motifs is 1. The first-order chi connectivity index (χ1) is 16.3. The number of hydrogen-bond donors (Lipinski definition) is 3. The topological polar surface area (TPSA) is 106 Å². The molecule has 4 N–H and O–H groups in total. The fraction of sp³-hybridized carbons (Fsp3) is 0.560.